The molecule has 17 heavy (non-hydrogen) atoms. The third-order valence-electron chi connectivity index (χ3n) is 4.97. The average molecular weight is 255 g/mol. The Morgan fingerprint density at radius 3 is 2.29 bits per heavy atom. The predicted molar refractivity (Wildman–Crippen MR) is 78.7 cm³/mol. The lowest BCUT2D eigenvalue weighted by Gasteiger charge is -2.30. The summed E-state index contributed by atoms with van der Waals surface area (Å²) >= 11 is 2.10. The van der Waals surface area contributed by atoms with Crippen molar-refractivity contribution in [2.45, 2.75) is 70.1 Å². The lowest BCUT2D eigenvalue weighted by atomic mass is 9.91. The molecule has 0 aromatic carbocycles. The van der Waals surface area contributed by atoms with E-state index in [0.717, 1.165) is 12.0 Å². The van der Waals surface area contributed by atoms with Gasteiger partial charge in [-0.05, 0) is 43.3 Å². The minimum atomic E-state index is 0.555. The molecule has 0 radical (unpaired) electrons. The first-order valence-electron chi connectivity index (χ1n) is 7.25. The van der Waals surface area contributed by atoms with Crippen LogP contribution in [0.2, 0.25) is 0 Å². The number of nitrogens with one attached hydrogen (secondary N) is 1. The third kappa shape index (κ3) is 3.20. The van der Waals surface area contributed by atoms with Crippen molar-refractivity contribution in [3.63, 3.8) is 0 Å². The fourth-order valence-corrected chi connectivity index (χ4v) is 4.88. The van der Waals surface area contributed by atoms with E-state index in [1.165, 1.54) is 45.1 Å². The molecule has 0 saturated heterocycles. The topological polar surface area (TPSA) is 12.0 Å². The molecule has 0 spiro atoms. The quantitative estimate of drug-likeness (QED) is 0.812. The molecule has 0 bridgehead atoms. The molecule has 2 saturated carbocycles. The summed E-state index contributed by atoms with van der Waals surface area (Å²) in [5.41, 5.74) is 0.555. The van der Waals surface area contributed by atoms with Gasteiger partial charge in [-0.25, -0.2) is 0 Å². The summed E-state index contributed by atoms with van der Waals surface area (Å²) in [5.74, 6) is 0.852. The van der Waals surface area contributed by atoms with Gasteiger partial charge in [0.2, 0.25) is 0 Å². The second-order valence-corrected chi connectivity index (χ2v) is 8.41. The molecule has 0 heterocycles. The van der Waals surface area contributed by atoms with E-state index in [-0.39, 0.29) is 0 Å². The first-order valence-corrected chi connectivity index (χ1v) is 8.47. The molecule has 2 heteroatoms. The molecular weight excluding hydrogens is 226 g/mol. The molecule has 0 amide bonds. The predicted octanol–water partition coefficient (Wildman–Crippen LogP) is 4.08. The maximum atomic E-state index is 3.90. The maximum absolute atomic E-state index is 3.90. The van der Waals surface area contributed by atoms with Crippen molar-refractivity contribution in [1.29, 1.82) is 0 Å². The lowest BCUT2D eigenvalue weighted by molar-refractivity contribution is 0.359. The zero-order chi connectivity index (χ0) is 12.5. The van der Waals surface area contributed by atoms with Gasteiger partial charge in [0.15, 0.2) is 0 Å². The van der Waals surface area contributed by atoms with Crippen LogP contribution >= 0.6 is 11.8 Å². The van der Waals surface area contributed by atoms with Crippen molar-refractivity contribution in [3.8, 4) is 0 Å². The standard InChI is InChI=1S/C15H29NS/c1-12-9-14(2,3)10-13(12)16-11-15(17-4)7-5-6-8-15/h12-13,16H,5-11H2,1-4H3. The van der Waals surface area contributed by atoms with Crippen LogP contribution in [0.25, 0.3) is 0 Å². The first-order chi connectivity index (χ1) is 7.96. The highest BCUT2D eigenvalue weighted by molar-refractivity contribution is 8.00. The highest BCUT2D eigenvalue weighted by atomic mass is 32.2. The summed E-state index contributed by atoms with van der Waals surface area (Å²) in [6, 6.07) is 0.759. The van der Waals surface area contributed by atoms with Gasteiger partial charge in [0, 0.05) is 17.3 Å². The molecule has 2 atom stereocenters. The number of rotatable bonds is 4. The van der Waals surface area contributed by atoms with Crippen LogP contribution in [-0.2, 0) is 0 Å². The van der Waals surface area contributed by atoms with Crippen molar-refractivity contribution in [2.75, 3.05) is 12.8 Å². The summed E-state index contributed by atoms with van der Waals surface area (Å²) in [6.45, 7) is 8.50. The summed E-state index contributed by atoms with van der Waals surface area (Å²) < 4.78 is 0.562. The van der Waals surface area contributed by atoms with E-state index in [0.29, 0.717) is 10.2 Å². The van der Waals surface area contributed by atoms with Crippen molar-refractivity contribution in [2.24, 2.45) is 11.3 Å². The van der Waals surface area contributed by atoms with Gasteiger partial charge in [0.25, 0.3) is 0 Å². The van der Waals surface area contributed by atoms with Gasteiger partial charge in [-0.2, -0.15) is 11.8 Å². The Morgan fingerprint density at radius 2 is 1.82 bits per heavy atom. The van der Waals surface area contributed by atoms with E-state index in [1.807, 2.05) is 0 Å². The molecule has 2 fully saturated rings. The Labute approximate surface area is 112 Å². The van der Waals surface area contributed by atoms with Gasteiger partial charge < -0.3 is 5.32 Å². The Kier molecular flexibility index (Phi) is 4.14. The second-order valence-electron chi connectivity index (χ2n) is 7.13. The molecule has 2 unspecified atom stereocenters. The lowest BCUT2D eigenvalue weighted by Crippen LogP contribution is -2.42. The van der Waals surface area contributed by atoms with Crippen molar-refractivity contribution >= 4 is 11.8 Å². The summed E-state index contributed by atoms with van der Waals surface area (Å²) in [6.07, 6.45) is 10.8. The van der Waals surface area contributed by atoms with E-state index in [9.17, 15) is 0 Å². The van der Waals surface area contributed by atoms with E-state index in [4.69, 9.17) is 0 Å². The second kappa shape index (κ2) is 5.13. The van der Waals surface area contributed by atoms with Crippen LogP contribution in [0.3, 0.4) is 0 Å². The minimum absolute atomic E-state index is 0.555. The molecule has 1 N–H and O–H groups in total. The van der Waals surface area contributed by atoms with Crippen LogP contribution in [0.5, 0.6) is 0 Å². The van der Waals surface area contributed by atoms with Gasteiger partial charge in [-0.15, -0.1) is 0 Å². The molecule has 0 aromatic heterocycles. The third-order valence-corrected chi connectivity index (χ3v) is 6.39. The fraction of sp³-hybridized carbons (Fsp3) is 1.00. The van der Waals surface area contributed by atoms with Crippen molar-refractivity contribution in [1.82, 2.24) is 5.32 Å². The van der Waals surface area contributed by atoms with Crippen LogP contribution in [-0.4, -0.2) is 23.6 Å². The van der Waals surface area contributed by atoms with Gasteiger partial charge >= 0.3 is 0 Å². The Morgan fingerprint density at radius 1 is 1.18 bits per heavy atom. The largest absolute Gasteiger partial charge is 0.312 e. The van der Waals surface area contributed by atoms with Crippen molar-refractivity contribution in [3.05, 3.63) is 0 Å². The molecule has 2 rings (SSSR count). The van der Waals surface area contributed by atoms with Gasteiger partial charge in [0.1, 0.15) is 0 Å². The average Bonchev–Trinajstić information content (AvgIpc) is 2.81. The Balaban J connectivity index is 1.86. The van der Waals surface area contributed by atoms with Crippen LogP contribution in [0.15, 0.2) is 0 Å². The summed E-state index contributed by atoms with van der Waals surface area (Å²) in [5, 5.41) is 3.90. The summed E-state index contributed by atoms with van der Waals surface area (Å²) in [4.78, 5) is 0. The fourth-order valence-electron chi connectivity index (χ4n) is 3.96. The van der Waals surface area contributed by atoms with Gasteiger partial charge in [-0.3, -0.25) is 0 Å². The normalized spacial score (nSPS) is 35.3. The highest BCUT2D eigenvalue weighted by Gasteiger charge is 2.39. The first kappa shape index (κ1) is 13.7. The smallest absolute Gasteiger partial charge is 0.0281 e. The van der Waals surface area contributed by atoms with Crippen LogP contribution in [0, 0.1) is 11.3 Å². The van der Waals surface area contributed by atoms with Gasteiger partial charge in [-0.1, -0.05) is 33.6 Å². The zero-order valence-corrected chi connectivity index (χ0v) is 12.8. The maximum Gasteiger partial charge on any atom is 0.0281 e. The van der Waals surface area contributed by atoms with Crippen LogP contribution in [0.1, 0.15) is 59.3 Å². The molecule has 2 aliphatic carbocycles. The highest BCUT2D eigenvalue weighted by Crippen LogP contribution is 2.43. The molecule has 2 aliphatic rings. The minimum Gasteiger partial charge on any atom is -0.312 e. The molecule has 100 valence electrons. The van der Waals surface area contributed by atoms with E-state index in [1.54, 1.807) is 0 Å². The van der Waals surface area contributed by atoms with Gasteiger partial charge in [0.05, 0.1) is 0 Å². The zero-order valence-electron chi connectivity index (χ0n) is 12.0. The van der Waals surface area contributed by atoms with E-state index >= 15 is 0 Å². The molecule has 1 nitrogen and oxygen atoms in total. The number of hydrogen-bond donors (Lipinski definition) is 1. The van der Waals surface area contributed by atoms with E-state index < -0.39 is 0 Å². The Hall–Kier alpha value is 0.310. The number of hydrogen-bond acceptors (Lipinski definition) is 2. The monoisotopic (exact) mass is 255 g/mol. The van der Waals surface area contributed by atoms with Crippen molar-refractivity contribution < 1.29 is 0 Å². The number of thioether (sulfide) groups is 1. The van der Waals surface area contributed by atoms with Crippen LogP contribution < -0.4 is 5.32 Å². The van der Waals surface area contributed by atoms with Crippen LogP contribution in [0.4, 0.5) is 0 Å². The SMILES string of the molecule is CSC1(CNC2CC(C)(C)CC2C)CCCC1. The molecule has 0 aromatic rings. The molecular formula is C15H29NS. The Bertz CT molecular complexity index is 256. The van der Waals surface area contributed by atoms with E-state index in [2.05, 4.69) is 44.1 Å². The summed E-state index contributed by atoms with van der Waals surface area (Å²) in [7, 11) is 0. The molecule has 0 aliphatic heterocycles.